The summed E-state index contributed by atoms with van der Waals surface area (Å²) in [5.41, 5.74) is 0. The Morgan fingerprint density at radius 1 is 0.952 bits per heavy atom. The van der Waals surface area contributed by atoms with Gasteiger partial charge >= 0.3 is 0 Å². The van der Waals surface area contributed by atoms with Gasteiger partial charge in [-0.15, -0.1) is 6.58 Å². The highest BCUT2D eigenvalue weighted by Gasteiger charge is 1.67. The molecule has 0 radical (unpaired) electrons. The van der Waals surface area contributed by atoms with E-state index < -0.39 is 11.9 Å². The average molecular weight is 314 g/mol. The molecule has 0 aliphatic rings. The van der Waals surface area contributed by atoms with Crippen LogP contribution in [0, 0.1) is 0 Å². The van der Waals surface area contributed by atoms with E-state index in [0.29, 0.717) is 13.2 Å². The number of carbonyl (C=O) groups is 2. The minimum absolute atomic E-state index is 0.122. The van der Waals surface area contributed by atoms with Crippen molar-refractivity contribution in [2.75, 3.05) is 40.6 Å². The number of carboxylic acid groups (broad SMARTS) is 2. The van der Waals surface area contributed by atoms with E-state index in [4.69, 9.17) is 30.0 Å². The molecule has 0 aromatic heterocycles. The number of hydrogen-bond acceptors (Lipinski definition) is 6. The maximum Gasteiger partial charge on any atom is 0.300 e. The van der Waals surface area contributed by atoms with E-state index in [1.54, 1.807) is 20.3 Å². The van der Waals surface area contributed by atoms with E-state index in [-0.39, 0.29) is 13.2 Å². The van der Waals surface area contributed by atoms with Crippen LogP contribution in [0.3, 0.4) is 0 Å². The Hall–Kier alpha value is -1.48. The van der Waals surface area contributed by atoms with Gasteiger partial charge in [-0.1, -0.05) is 6.08 Å². The molecule has 130 valence electrons. The van der Waals surface area contributed by atoms with Crippen molar-refractivity contribution in [3.05, 3.63) is 12.7 Å². The number of aliphatic carboxylic acids is 2. The van der Waals surface area contributed by atoms with Crippen molar-refractivity contribution in [3.63, 3.8) is 0 Å². The fourth-order valence-electron chi connectivity index (χ4n) is 0.183. The predicted molar refractivity (Wildman–Crippen MR) is 80.4 cm³/mol. The zero-order chi connectivity index (χ0) is 18.1. The van der Waals surface area contributed by atoms with Crippen molar-refractivity contribution in [2.24, 2.45) is 0 Å². The van der Waals surface area contributed by atoms with Crippen LogP contribution < -0.4 is 0 Å². The summed E-state index contributed by atoms with van der Waals surface area (Å²) in [6, 6.07) is 0. The largest absolute Gasteiger partial charge is 0.481 e. The van der Waals surface area contributed by atoms with Gasteiger partial charge < -0.3 is 29.9 Å². The van der Waals surface area contributed by atoms with Gasteiger partial charge in [-0.05, 0) is 6.92 Å². The van der Waals surface area contributed by atoms with Gasteiger partial charge in [-0.25, -0.2) is 0 Å². The molecule has 0 aromatic rings. The Morgan fingerprint density at radius 2 is 1.10 bits per heavy atom. The lowest BCUT2D eigenvalue weighted by Gasteiger charge is -1.84. The molecule has 0 aromatic carbocycles. The summed E-state index contributed by atoms with van der Waals surface area (Å²) in [5.74, 6) is -1.67. The van der Waals surface area contributed by atoms with Crippen LogP contribution in [0.1, 0.15) is 20.8 Å². The molecule has 0 amide bonds. The molecule has 0 fully saturated rings. The highest BCUT2D eigenvalue weighted by Crippen LogP contribution is 1.57. The third kappa shape index (κ3) is 796. The summed E-state index contributed by atoms with van der Waals surface area (Å²) >= 11 is 0. The second-order valence-electron chi connectivity index (χ2n) is 2.88. The van der Waals surface area contributed by atoms with Crippen LogP contribution in [-0.4, -0.2) is 73.0 Å². The van der Waals surface area contributed by atoms with E-state index >= 15 is 0 Å². The molecule has 4 N–H and O–H groups in total. The highest BCUT2D eigenvalue weighted by atomic mass is 16.5. The quantitative estimate of drug-likeness (QED) is 0.555. The van der Waals surface area contributed by atoms with Crippen molar-refractivity contribution in [1.29, 1.82) is 0 Å². The Kier molecular flexibility index (Phi) is 64.8. The monoisotopic (exact) mass is 314 g/mol. The van der Waals surface area contributed by atoms with Gasteiger partial charge in [0.25, 0.3) is 11.9 Å². The van der Waals surface area contributed by atoms with Crippen LogP contribution in [0.5, 0.6) is 0 Å². The van der Waals surface area contributed by atoms with Crippen LogP contribution in [-0.2, 0) is 19.1 Å². The molecule has 0 unspecified atom stereocenters. The number of aliphatic hydroxyl groups excluding tert-OH is 2. The van der Waals surface area contributed by atoms with E-state index in [1.807, 2.05) is 6.92 Å². The summed E-state index contributed by atoms with van der Waals surface area (Å²) in [7, 11) is 3.10. The third-order valence-corrected chi connectivity index (χ3v) is 0.591. The summed E-state index contributed by atoms with van der Waals surface area (Å²) < 4.78 is 8.88. The maximum absolute atomic E-state index is 9.00. The first-order valence-electron chi connectivity index (χ1n) is 5.87. The zero-order valence-electron chi connectivity index (χ0n) is 13.5. The SMILES string of the molecule is C=CC.CC(=O)O.CC(=O)O.COCCO.COCCO. The lowest BCUT2D eigenvalue weighted by molar-refractivity contribution is -0.135. The van der Waals surface area contributed by atoms with Crippen LogP contribution in [0.15, 0.2) is 12.7 Å². The van der Waals surface area contributed by atoms with Crippen molar-refractivity contribution >= 4 is 11.9 Å². The van der Waals surface area contributed by atoms with Gasteiger partial charge in [-0.3, -0.25) is 9.59 Å². The number of rotatable bonds is 4. The smallest absolute Gasteiger partial charge is 0.300 e. The Bertz CT molecular complexity index is 165. The van der Waals surface area contributed by atoms with E-state index in [2.05, 4.69) is 16.1 Å². The summed E-state index contributed by atoms with van der Waals surface area (Å²) in [4.78, 5) is 18.0. The number of hydrogen-bond donors (Lipinski definition) is 4. The standard InChI is InChI=1S/2C3H8O2.C3H6.2C2H4O2/c2*1-5-3-2-4;1-3-2;2*1-2(3)4/h2*4H,2-3H2,1H3;3H,1H2,2H3;2*1H3,(H,3,4). The van der Waals surface area contributed by atoms with Gasteiger partial charge in [-0.2, -0.15) is 0 Å². The van der Waals surface area contributed by atoms with Gasteiger partial charge in [0, 0.05) is 28.1 Å². The first-order valence-corrected chi connectivity index (χ1v) is 5.87. The Balaban J connectivity index is -0.0000000514. The van der Waals surface area contributed by atoms with E-state index in [0.717, 1.165) is 13.8 Å². The van der Waals surface area contributed by atoms with Crippen molar-refractivity contribution in [3.8, 4) is 0 Å². The summed E-state index contributed by atoms with van der Waals surface area (Å²) in [5, 5.41) is 30.7. The molecular weight excluding hydrogens is 284 g/mol. The lowest BCUT2D eigenvalue weighted by Crippen LogP contribution is -1.91. The molecular formula is C13H30O8. The lowest BCUT2D eigenvalue weighted by atomic mass is 10.8. The number of carboxylic acids is 2. The van der Waals surface area contributed by atoms with Crippen LogP contribution in [0.4, 0.5) is 0 Å². The number of aliphatic hydroxyl groups is 2. The van der Waals surface area contributed by atoms with E-state index in [1.165, 1.54) is 0 Å². The molecule has 0 heterocycles. The van der Waals surface area contributed by atoms with Crippen molar-refractivity contribution in [2.45, 2.75) is 20.8 Å². The first-order chi connectivity index (χ1) is 9.71. The normalized spacial score (nSPS) is 7.00. The van der Waals surface area contributed by atoms with Gasteiger partial charge in [0.05, 0.1) is 26.4 Å². The van der Waals surface area contributed by atoms with Crippen LogP contribution in [0.25, 0.3) is 0 Å². The minimum Gasteiger partial charge on any atom is -0.481 e. The Morgan fingerprint density at radius 3 is 1.10 bits per heavy atom. The number of ether oxygens (including phenoxy) is 2. The fraction of sp³-hybridized carbons (Fsp3) is 0.692. The Labute approximate surface area is 126 Å². The van der Waals surface area contributed by atoms with Gasteiger partial charge in [0.2, 0.25) is 0 Å². The molecule has 0 saturated heterocycles. The summed E-state index contributed by atoms with van der Waals surface area (Å²) in [6.45, 7) is 8.55. The zero-order valence-corrected chi connectivity index (χ0v) is 13.5. The average Bonchev–Trinajstić information content (AvgIpc) is 2.31. The maximum atomic E-state index is 9.00. The molecule has 21 heavy (non-hydrogen) atoms. The van der Waals surface area contributed by atoms with Crippen molar-refractivity contribution in [1.82, 2.24) is 0 Å². The van der Waals surface area contributed by atoms with Crippen LogP contribution >= 0.6 is 0 Å². The topological polar surface area (TPSA) is 134 Å². The second-order valence-corrected chi connectivity index (χ2v) is 2.88. The van der Waals surface area contributed by atoms with Gasteiger partial charge in [0.1, 0.15) is 0 Å². The van der Waals surface area contributed by atoms with Crippen molar-refractivity contribution < 1.29 is 39.5 Å². The number of allylic oxidation sites excluding steroid dienone is 1. The number of methoxy groups -OCH3 is 2. The molecule has 8 nitrogen and oxygen atoms in total. The summed E-state index contributed by atoms with van der Waals surface area (Å²) in [6.07, 6.45) is 1.75. The highest BCUT2D eigenvalue weighted by molar-refractivity contribution is 5.63. The van der Waals surface area contributed by atoms with Gasteiger partial charge in [0.15, 0.2) is 0 Å². The third-order valence-electron chi connectivity index (χ3n) is 0.591. The molecule has 8 heteroatoms. The molecule has 0 aliphatic carbocycles. The molecule has 0 atom stereocenters. The molecule has 0 saturated carbocycles. The predicted octanol–water partition coefficient (Wildman–Crippen LogP) is 0.624. The van der Waals surface area contributed by atoms with Crippen LogP contribution in [0.2, 0.25) is 0 Å². The molecule has 0 bridgehead atoms. The first kappa shape index (κ1) is 31.8. The molecule has 0 aliphatic heterocycles. The fourth-order valence-corrected chi connectivity index (χ4v) is 0.183. The second kappa shape index (κ2) is 42.8. The minimum atomic E-state index is -0.833. The van der Waals surface area contributed by atoms with E-state index in [9.17, 15) is 0 Å². The molecule has 0 spiro atoms. The molecule has 0 rings (SSSR count).